The molecule has 0 aliphatic carbocycles. The summed E-state index contributed by atoms with van der Waals surface area (Å²) in [5, 5.41) is 0. The monoisotopic (exact) mass is 310 g/mol. The summed E-state index contributed by atoms with van der Waals surface area (Å²) >= 11 is 0. The summed E-state index contributed by atoms with van der Waals surface area (Å²) in [6.07, 6.45) is 3.78. The maximum atomic E-state index is 12.0. The van der Waals surface area contributed by atoms with Crippen molar-refractivity contribution in [3.05, 3.63) is 60.0 Å². The van der Waals surface area contributed by atoms with Gasteiger partial charge in [0.1, 0.15) is 11.4 Å². The van der Waals surface area contributed by atoms with Crippen molar-refractivity contribution in [3.63, 3.8) is 0 Å². The zero-order chi connectivity index (χ0) is 16.4. The maximum absolute atomic E-state index is 12.0. The molecule has 1 N–H and O–H groups in total. The van der Waals surface area contributed by atoms with Crippen LogP contribution in [0.5, 0.6) is 5.75 Å². The fourth-order valence-corrected chi connectivity index (χ4v) is 2.67. The van der Waals surface area contributed by atoms with E-state index in [0.717, 1.165) is 28.3 Å². The van der Waals surface area contributed by atoms with Crippen LogP contribution in [-0.4, -0.2) is 29.7 Å². The minimum absolute atomic E-state index is 0.379. The van der Waals surface area contributed by atoms with Crippen LogP contribution in [-0.2, 0) is 4.74 Å². The van der Waals surface area contributed by atoms with Crippen LogP contribution in [0.3, 0.4) is 0 Å². The number of rotatable bonds is 4. The molecule has 0 radical (unpaired) electrons. The fourth-order valence-electron chi connectivity index (χ4n) is 2.67. The normalized spacial score (nSPS) is 10.6. The van der Waals surface area contributed by atoms with Crippen molar-refractivity contribution in [2.75, 3.05) is 14.2 Å². The first-order valence-corrected chi connectivity index (χ1v) is 7.24. The SMILES string of the molecule is COC(=O)c1[nH]cc(C)c1-c1cccn1-c1ccc(OC)cc1. The van der Waals surface area contributed by atoms with Gasteiger partial charge in [-0.2, -0.15) is 0 Å². The highest BCUT2D eigenvalue weighted by Gasteiger charge is 2.20. The molecule has 2 aromatic heterocycles. The van der Waals surface area contributed by atoms with Crippen molar-refractivity contribution in [2.45, 2.75) is 6.92 Å². The second-order valence-corrected chi connectivity index (χ2v) is 5.17. The number of H-pyrrole nitrogens is 1. The molecule has 5 heteroatoms. The molecule has 0 saturated heterocycles. The molecule has 0 saturated carbocycles. The first-order valence-electron chi connectivity index (χ1n) is 7.24. The number of benzene rings is 1. The number of aryl methyl sites for hydroxylation is 1. The van der Waals surface area contributed by atoms with Gasteiger partial charge in [0.05, 0.1) is 19.9 Å². The first kappa shape index (κ1) is 15.0. The van der Waals surface area contributed by atoms with Crippen molar-refractivity contribution >= 4 is 5.97 Å². The molecule has 118 valence electrons. The van der Waals surface area contributed by atoms with Crippen LogP contribution in [0.25, 0.3) is 16.9 Å². The molecule has 0 amide bonds. The Labute approximate surface area is 134 Å². The number of esters is 1. The molecule has 3 aromatic rings. The van der Waals surface area contributed by atoms with Gasteiger partial charge in [-0.25, -0.2) is 4.79 Å². The Bertz CT molecular complexity index is 828. The number of nitrogens with zero attached hydrogens (tertiary/aromatic N) is 1. The average molecular weight is 310 g/mol. The maximum Gasteiger partial charge on any atom is 0.355 e. The van der Waals surface area contributed by atoms with Crippen molar-refractivity contribution in [1.29, 1.82) is 0 Å². The molecule has 1 aromatic carbocycles. The minimum atomic E-state index is -0.379. The highest BCUT2D eigenvalue weighted by atomic mass is 16.5. The van der Waals surface area contributed by atoms with E-state index in [0.29, 0.717) is 5.69 Å². The van der Waals surface area contributed by atoms with Gasteiger partial charge in [-0.3, -0.25) is 0 Å². The van der Waals surface area contributed by atoms with Crippen molar-refractivity contribution in [3.8, 4) is 22.7 Å². The molecule has 23 heavy (non-hydrogen) atoms. The Hall–Kier alpha value is -2.95. The first-order chi connectivity index (χ1) is 11.2. The van der Waals surface area contributed by atoms with Gasteiger partial charge in [0.15, 0.2) is 0 Å². The fraction of sp³-hybridized carbons (Fsp3) is 0.167. The molecule has 0 bridgehead atoms. The van der Waals surface area contributed by atoms with Crippen LogP contribution in [0.1, 0.15) is 16.1 Å². The molecule has 0 aliphatic heterocycles. The topological polar surface area (TPSA) is 56.2 Å². The second kappa shape index (κ2) is 6.04. The van der Waals surface area contributed by atoms with Gasteiger partial charge >= 0.3 is 5.97 Å². The van der Waals surface area contributed by atoms with E-state index in [-0.39, 0.29) is 5.97 Å². The third-order valence-corrected chi connectivity index (χ3v) is 3.82. The summed E-state index contributed by atoms with van der Waals surface area (Å²) < 4.78 is 12.1. The Morgan fingerprint density at radius 1 is 1.13 bits per heavy atom. The number of hydrogen-bond acceptors (Lipinski definition) is 3. The largest absolute Gasteiger partial charge is 0.497 e. The van der Waals surface area contributed by atoms with E-state index in [2.05, 4.69) is 4.98 Å². The van der Waals surface area contributed by atoms with Crippen LogP contribution in [0.4, 0.5) is 0 Å². The van der Waals surface area contributed by atoms with Crippen LogP contribution in [0.2, 0.25) is 0 Å². The molecule has 3 rings (SSSR count). The van der Waals surface area contributed by atoms with Crippen LogP contribution >= 0.6 is 0 Å². The highest BCUT2D eigenvalue weighted by Crippen LogP contribution is 2.30. The lowest BCUT2D eigenvalue weighted by molar-refractivity contribution is 0.0595. The minimum Gasteiger partial charge on any atom is -0.497 e. The van der Waals surface area contributed by atoms with E-state index >= 15 is 0 Å². The van der Waals surface area contributed by atoms with Gasteiger partial charge in [-0.05, 0) is 48.9 Å². The van der Waals surface area contributed by atoms with E-state index in [1.807, 2.05) is 60.3 Å². The van der Waals surface area contributed by atoms with E-state index < -0.39 is 0 Å². The summed E-state index contributed by atoms with van der Waals surface area (Å²) in [7, 11) is 3.02. The standard InChI is InChI=1S/C18H18N2O3/c1-12-11-19-17(18(21)23-3)16(12)15-5-4-10-20(15)13-6-8-14(22-2)9-7-13/h4-11,19H,1-3H3. The van der Waals surface area contributed by atoms with Crippen molar-refractivity contribution in [2.24, 2.45) is 0 Å². The Morgan fingerprint density at radius 2 is 1.87 bits per heavy atom. The third kappa shape index (κ3) is 2.61. The highest BCUT2D eigenvalue weighted by molar-refractivity contribution is 5.96. The average Bonchev–Trinajstić information content (AvgIpc) is 3.20. The van der Waals surface area contributed by atoms with Gasteiger partial charge < -0.3 is 19.0 Å². The third-order valence-electron chi connectivity index (χ3n) is 3.82. The number of aromatic amines is 1. The smallest absolute Gasteiger partial charge is 0.355 e. The van der Waals surface area contributed by atoms with Crippen LogP contribution < -0.4 is 4.74 Å². The van der Waals surface area contributed by atoms with Crippen LogP contribution in [0.15, 0.2) is 48.8 Å². The summed E-state index contributed by atoms with van der Waals surface area (Å²) in [5.74, 6) is 0.422. The van der Waals surface area contributed by atoms with E-state index in [1.165, 1.54) is 7.11 Å². The number of aromatic nitrogens is 2. The Balaban J connectivity index is 2.11. The predicted octanol–water partition coefficient (Wildman–Crippen LogP) is 3.58. The molecule has 0 aliphatic rings. The number of carbonyl (C=O) groups excluding carboxylic acids is 1. The Morgan fingerprint density at radius 3 is 2.52 bits per heavy atom. The summed E-state index contributed by atoms with van der Waals surface area (Å²) in [4.78, 5) is 15.0. The lowest BCUT2D eigenvalue weighted by atomic mass is 10.1. The van der Waals surface area contributed by atoms with Crippen molar-refractivity contribution in [1.82, 2.24) is 9.55 Å². The molecule has 0 atom stereocenters. The number of hydrogen-bond donors (Lipinski definition) is 1. The van der Waals surface area contributed by atoms with Gasteiger partial charge in [0, 0.05) is 23.6 Å². The molecule has 5 nitrogen and oxygen atoms in total. The molecule has 0 spiro atoms. The van der Waals surface area contributed by atoms with Gasteiger partial charge in [-0.1, -0.05) is 0 Å². The molecule has 0 unspecified atom stereocenters. The predicted molar refractivity (Wildman–Crippen MR) is 88.2 cm³/mol. The zero-order valence-electron chi connectivity index (χ0n) is 13.3. The quantitative estimate of drug-likeness (QED) is 0.749. The van der Waals surface area contributed by atoms with E-state index in [9.17, 15) is 4.79 Å². The van der Waals surface area contributed by atoms with Gasteiger partial charge in [0.25, 0.3) is 0 Å². The molecular formula is C18H18N2O3. The lowest BCUT2D eigenvalue weighted by Gasteiger charge is -2.11. The van der Waals surface area contributed by atoms with Gasteiger partial charge in [-0.15, -0.1) is 0 Å². The van der Waals surface area contributed by atoms with Crippen LogP contribution in [0, 0.1) is 6.92 Å². The molecule has 0 fully saturated rings. The number of nitrogens with one attached hydrogen (secondary N) is 1. The number of ether oxygens (including phenoxy) is 2. The lowest BCUT2D eigenvalue weighted by Crippen LogP contribution is -2.05. The van der Waals surface area contributed by atoms with E-state index in [4.69, 9.17) is 9.47 Å². The Kier molecular flexibility index (Phi) is 3.93. The number of methoxy groups -OCH3 is 2. The van der Waals surface area contributed by atoms with Crippen molar-refractivity contribution < 1.29 is 14.3 Å². The van der Waals surface area contributed by atoms with Gasteiger partial charge in [0.2, 0.25) is 0 Å². The second-order valence-electron chi connectivity index (χ2n) is 5.17. The summed E-state index contributed by atoms with van der Waals surface area (Å²) in [5.41, 5.74) is 4.20. The number of carbonyl (C=O) groups is 1. The molecular weight excluding hydrogens is 292 g/mol. The summed E-state index contributed by atoms with van der Waals surface area (Å²) in [6.45, 7) is 1.96. The summed E-state index contributed by atoms with van der Waals surface area (Å²) in [6, 6.07) is 11.7. The van der Waals surface area contributed by atoms with E-state index in [1.54, 1.807) is 7.11 Å². The zero-order valence-corrected chi connectivity index (χ0v) is 13.3. The molecule has 2 heterocycles.